The number of ketones is 1. The summed E-state index contributed by atoms with van der Waals surface area (Å²) in [6.07, 6.45) is 1.61. The van der Waals surface area contributed by atoms with Gasteiger partial charge in [0.05, 0.1) is 14.2 Å². The SMILES string of the molecule is COc1ccc(C(=O)C2CCCN(C(=O)c3ccccc3)C2)cc1OC. The first-order valence-electron chi connectivity index (χ1n) is 8.74. The van der Waals surface area contributed by atoms with Crippen LogP contribution >= 0.6 is 0 Å². The lowest BCUT2D eigenvalue weighted by Gasteiger charge is -2.32. The van der Waals surface area contributed by atoms with E-state index in [-0.39, 0.29) is 17.6 Å². The lowest BCUT2D eigenvalue weighted by Crippen LogP contribution is -2.42. The summed E-state index contributed by atoms with van der Waals surface area (Å²) in [7, 11) is 3.11. The zero-order valence-electron chi connectivity index (χ0n) is 15.1. The summed E-state index contributed by atoms with van der Waals surface area (Å²) in [6, 6.07) is 14.4. The Morgan fingerprint density at radius 2 is 1.69 bits per heavy atom. The molecule has 1 amide bonds. The molecule has 1 fully saturated rings. The number of Topliss-reactive ketones (excluding diaryl/α,β-unsaturated/α-hetero) is 1. The van der Waals surface area contributed by atoms with Crippen molar-refractivity contribution < 1.29 is 19.1 Å². The highest BCUT2D eigenvalue weighted by atomic mass is 16.5. The number of hydrogen-bond donors (Lipinski definition) is 0. The normalized spacial score (nSPS) is 16.8. The predicted octanol–water partition coefficient (Wildman–Crippen LogP) is 3.44. The second-order valence-electron chi connectivity index (χ2n) is 6.39. The van der Waals surface area contributed by atoms with E-state index >= 15 is 0 Å². The van der Waals surface area contributed by atoms with Gasteiger partial charge in [-0.25, -0.2) is 0 Å². The average molecular weight is 353 g/mol. The van der Waals surface area contributed by atoms with Crippen molar-refractivity contribution in [3.05, 3.63) is 59.7 Å². The van der Waals surface area contributed by atoms with Gasteiger partial charge in [-0.05, 0) is 43.2 Å². The Morgan fingerprint density at radius 1 is 0.962 bits per heavy atom. The number of rotatable bonds is 5. The highest BCUT2D eigenvalue weighted by Crippen LogP contribution is 2.30. The fraction of sp³-hybridized carbons (Fsp3) is 0.333. The number of likely N-dealkylation sites (tertiary alicyclic amines) is 1. The molecular formula is C21H23NO4. The molecule has 1 atom stereocenters. The number of piperidine rings is 1. The van der Waals surface area contributed by atoms with Crippen molar-refractivity contribution in [1.82, 2.24) is 4.90 Å². The first-order valence-corrected chi connectivity index (χ1v) is 8.74. The van der Waals surface area contributed by atoms with Crippen LogP contribution in [0.3, 0.4) is 0 Å². The zero-order chi connectivity index (χ0) is 18.5. The minimum Gasteiger partial charge on any atom is -0.493 e. The summed E-state index contributed by atoms with van der Waals surface area (Å²) in [4.78, 5) is 27.4. The van der Waals surface area contributed by atoms with Gasteiger partial charge in [-0.1, -0.05) is 18.2 Å². The molecule has 5 nitrogen and oxygen atoms in total. The van der Waals surface area contributed by atoms with Crippen molar-refractivity contribution in [1.29, 1.82) is 0 Å². The molecule has 0 aromatic heterocycles. The maximum atomic E-state index is 12.9. The molecule has 1 unspecified atom stereocenters. The first-order chi connectivity index (χ1) is 12.6. The molecule has 0 aliphatic carbocycles. The van der Waals surface area contributed by atoms with Gasteiger partial charge in [0.1, 0.15) is 0 Å². The van der Waals surface area contributed by atoms with Crippen LogP contribution in [0.25, 0.3) is 0 Å². The number of methoxy groups -OCH3 is 2. The van der Waals surface area contributed by atoms with E-state index in [1.54, 1.807) is 37.3 Å². The monoisotopic (exact) mass is 353 g/mol. The molecule has 3 rings (SSSR count). The fourth-order valence-electron chi connectivity index (χ4n) is 3.36. The standard InChI is InChI=1S/C21H23NO4/c1-25-18-11-10-16(13-19(18)26-2)20(23)17-9-6-12-22(14-17)21(24)15-7-4-3-5-8-15/h3-5,7-8,10-11,13,17H,6,9,12,14H2,1-2H3. The topological polar surface area (TPSA) is 55.8 Å². The Balaban J connectivity index is 1.75. The molecule has 1 heterocycles. The number of nitrogens with zero attached hydrogens (tertiary/aromatic N) is 1. The van der Waals surface area contributed by atoms with E-state index < -0.39 is 0 Å². The Bertz CT molecular complexity index is 788. The van der Waals surface area contributed by atoms with Crippen LogP contribution in [0.5, 0.6) is 11.5 Å². The molecule has 0 bridgehead atoms. The van der Waals surface area contributed by atoms with Gasteiger partial charge >= 0.3 is 0 Å². The third kappa shape index (κ3) is 3.72. The van der Waals surface area contributed by atoms with E-state index in [1.165, 1.54) is 0 Å². The summed E-state index contributed by atoms with van der Waals surface area (Å²) >= 11 is 0. The molecule has 2 aromatic rings. The number of ether oxygens (including phenoxy) is 2. The van der Waals surface area contributed by atoms with Crippen LogP contribution in [0.1, 0.15) is 33.6 Å². The Labute approximate surface area is 153 Å². The third-order valence-electron chi connectivity index (χ3n) is 4.77. The van der Waals surface area contributed by atoms with Gasteiger partial charge in [0.15, 0.2) is 17.3 Å². The second kappa shape index (κ2) is 8.04. The minimum atomic E-state index is -0.200. The number of amides is 1. The quantitative estimate of drug-likeness (QED) is 0.773. The van der Waals surface area contributed by atoms with Crippen molar-refractivity contribution >= 4 is 11.7 Å². The summed E-state index contributed by atoms with van der Waals surface area (Å²) in [6.45, 7) is 1.13. The van der Waals surface area contributed by atoms with Crippen molar-refractivity contribution in [2.75, 3.05) is 27.3 Å². The molecule has 2 aromatic carbocycles. The minimum absolute atomic E-state index is 0.0181. The zero-order valence-corrected chi connectivity index (χ0v) is 15.1. The van der Waals surface area contributed by atoms with Crippen molar-refractivity contribution in [3.63, 3.8) is 0 Å². The molecule has 136 valence electrons. The molecule has 1 aliphatic rings. The van der Waals surface area contributed by atoms with E-state index in [2.05, 4.69) is 0 Å². The third-order valence-corrected chi connectivity index (χ3v) is 4.77. The van der Waals surface area contributed by atoms with Crippen molar-refractivity contribution in [2.24, 2.45) is 5.92 Å². The molecule has 5 heteroatoms. The number of carbonyl (C=O) groups is 2. The number of hydrogen-bond acceptors (Lipinski definition) is 4. The second-order valence-corrected chi connectivity index (χ2v) is 6.39. The molecule has 1 aliphatic heterocycles. The van der Waals surface area contributed by atoms with E-state index in [9.17, 15) is 9.59 Å². The molecule has 0 N–H and O–H groups in total. The predicted molar refractivity (Wildman–Crippen MR) is 98.9 cm³/mol. The highest BCUT2D eigenvalue weighted by molar-refractivity contribution is 5.99. The van der Waals surface area contributed by atoms with Crippen LogP contribution in [-0.2, 0) is 0 Å². The maximum absolute atomic E-state index is 12.9. The molecular weight excluding hydrogens is 330 g/mol. The van der Waals surface area contributed by atoms with E-state index in [1.807, 2.05) is 30.3 Å². The van der Waals surface area contributed by atoms with Crippen molar-refractivity contribution in [2.45, 2.75) is 12.8 Å². The van der Waals surface area contributed by atoms with Crippen LogP contribution in [0.4, 0.5) is 0 Å². The molecule has 1 saturated heterocycles. The summed E-state index contributed by atoms with van der Waals surface area (Å²) in [5, 5.41) is 0. The Morgan fingerprint density at radius 3 is 2.38 bits per heavy atom. The van der Waals surface area contributed by atoms with E-state index in [0.29, 0.717) is 35.7 Å². The Kier molecular flexibility index (Phi) is 5.56. The van der Waals surface area contributed by atoms with Gasteiger partial charge in [-0.2, -0.15) is 0 Å². The van der Waals surface area contributed by atoms with Gasteiger partial charge in [0.2, 0.25) is 0 Å². The van der Waals surface area contributed by atoms with Crippen LogP contribution in [0.15, 0.2) is 48.5 Å². The van der Waals surface area contributed by atoms with E-state index in [0.717, 1.165) is 12.8 Å². The van der Waals surface area contributed by atoms with Crippen LogP contribution < -0.4 is 9.47 Å². The maximum Gasteiger partial charge on any atom is 0.253 e. The summed E-state index contributed by atoms with van der Waals surface area (Å²) in [5.74, 6) is 0.946. The highest BCUT2D eigenvalue weighted by Gasteiger charge is 2.29. The lowest BCUT2D eigenvalue weighted by atomic mass is 9.89. The summed E-state index contributed by atoms with van der Waals surface area (Å²) < 4.78 is 10.5. The first kappa shape index (κ1) is 18.0. The molecule has 0 spiro atoms. The van der Waals surface area contributed by atoms with Gasteiger partial charge in [-0.15, -0.1) is 0 Å². The van der Waals surface area contributed by atoms with Gasteiger partial charge in [-0.3, -0.25) is 9.59 Å². The largest absolute Gasteiger partial charge is 0.493 e. The number of carbonyl (C=O) groups excluding carboxylic acids is 2. The smallest absolute Gasteiger partial charge is 0.253 e. The lowest BCUT2D eigenvalue weighted by molar-refractivity contribution is 0.0637. The van der Waals surface area contributed by atoms with Crippen molar-refractivity contribution in [3.8, 4) is 11.5 Å². The summed E-state index contributed by atoms with van der Waals surface area (Å²) in [5.41, 5.74) is 1.24. The number of benzene rings is 2. The average Bonchev–Trinajstić information content (AvgIpc) is 2.72. The van der Waals surface area contributed by atoms with Gasteiger partial charge in [0, 0.05) is 30.1 Å². The molecule has 0 saturated carbocycles. The molecule has 0 radical (unpaired) electrons. The van der Waals surface area contributed by atoms with Gasteiger partial charge < -0.3 is 14.4 Å². The fourth-order valence-corrected chi connectivity index (χ4v) is 3.36. The van der Waals surface area contributed by atoms with Crippen LogP contribution in [0.2, 0.25) is 0 Å². The van der Waals surface area contributed by atoms with E-state index in [4.69, 9.17) is 9.47 Å². The van der Waals surface area contributed by atoms with Crippen LogP contribution in [-0.4, -0.2) is 43.9 Å². The Hall–Kier alpha value is -2.82. The van der Waals surface area contributed by atoms with Gasteiger partial charge in [0.25, 0.3) is 5.91 Å². The molecule has 26 heavy (non-hydrogen) atoms. The van der Waals surface area contributed by atoms with Crippen LogP contribution in [0, 0.1) is 5.92 Å².